The average molecular weight is 2070 g/mol. The van der Waals surface area contributed by atoms with E-state index >= 15 is 0 Å². The van der Waals surface area contributed by atoms with E-state index in [1.54, 1.807) is 0 Å². The summed E-state index contributed by atoms with van der Waals surface area (Å²) in [7, 11) is 0. The molecular weight excluding hydrogens is 1970 g/mol. The van der Waals surface area contributed by atoms with Crippen LogP contribution in [0.1, 0.15) is 44.9 Å². The number of carboxylic acid groups (broad SMARTS) is 7. The van der Waals surface area contributed by atoms with Crippen molar-refractivity contribution in [3.63, 3.8) is 0 Å². The standard InChI is InChI=1S/C69H108O47S7.7Na/c70-15-23-54-38(85)46(93)62(101-23)110-55-24(16-117-8-1-31(71)72)103-64(48(95)40(55)87)112-57-26(18-119-10-3-33(75)76)105-66(50(97)42(57)89)114-59-28(20-121-12-5-35(79)80)107-68(52(99)44(59)91)116-61-30(22-123-14-7-37(83)84)108-69(53(100)45(61)92)115-60-29(21-122-13-6-36(81)82)106-67(51(98)43(60)90)113-58-27(19-120-11-4-34(77)78)104-65(49(96)41(58)88)111-56-25(17-118-9-2-32(73)74)102-63(109-54)47(94)39(56)86;;;;;;;/h23-30,38-70,85-100H,1-22H2,(H,71,72)(H,73,74)(H,75,76)(H,77,78)(H,79,80)(H,81,82)(H,83,84);;;;;;;/q;7*+1/p-7/t23-,24-,25-,26-,27-,28-,29-,30-,38-,39-,40-,41-,42-,43-,44-,45-,46-,47?,48-,49-,50-,51-,52-,53-,54-,55-,56-,57-,58-,59-,60-,61-,62-,63-,64-,65-,66-,67-,68-,69-;;;;;;;/m1......./s1. The number of carboxylic acids is 7. The van der Waals surface area contributed by atoms with Gasteiger partial charge in [0.1, 0.15) is 153 Å². The van der Waals surface area contributed by atoms with Gasteiger partial charge in [-0.05, 0) is 85.2 Å². The summed E-state index contributed by atoms with van der Waals surface area (Å²) in [5.41, 5.74) is 0. The summed E-state index contributed by atoms with van der Waals surface area (Å²) in [5, 5.41) is 285. The number of hydrogen-bond donors (Lipinski definition) is 17. The van der Waals surface area contributed by atoms with Gasteiger partial charge in [-0.1, -0.05) is 0 Å². The first kappa shape index (κ1) is 130. The molecule has 40 atom stereocenters. The fraction of sp³-hybridized carbons (Fsp3) is 0.899. The van der Waals surface area contributed by atoms with Crippen molar-refractivity contribution in [3.8, 4) is 0 Å². The van der Waals surface area contributed by atoms with Gasteiger partial charge in [0, 0.05) is 82.1 Å². The van der Waals surface area contributed by atoms with Crippen LogP contribution in [0.4, 0.5) is 0 Å². The van der Waals surface area contributed by atoms with E-state index in [0.717, 1.165) is 82.3 Å². The van der Waals surface area contributed by atoms with Crippen molar-refractivity contribution in [2.75, 3.05) is 87.1 Å². The Morgan fingerprint density at radius 1 is 0.185 bits per heavy atom. The smallest absolute Gasteiger partial charge is 0.550 e. The molecule has 0 amide bonds. The molecule has 708 valence electrons. The third-order valence-corrected chi connectivity index (χ3v) is 28.2. The molecule has 0 aromatic rings. The van der Waals surface area contributed by atoms with Crippen LogP contribution in [-0.4, -0.2) is 461 Å². The van der Waals surface area contributed by atoms with Crippen molar-refractivity contribution in [2.45, 2.75) is 291 Å². The molecule has 0 aromatic heterocycles. The first-order valence-corrected chi connectivity index (χ1v) is 46.9. The zero-order chi connectivity index (χ0) is 90.0. The van der Waals surface area contributed by atoms with E-state index in [0.29, 0.717) is 0 Å². The number of aliphatic hydroxyl groups is 17. The monoisotopic (exact) mass is 2070 g/mol. The largest absolute Gasteiger partial charge is 1.00 e. The van der Waals surface area contributed by atoms with E-state index in [2.05, 4.69) is 0 Å². The molecule has 30 fully saturated rings. The fourth-order valence-electron chi connectivity index (χ4n) is 14.3. The van der Waals surface area contributed by atoms with Crippen LogP contribution in [0.3, 0.4) is 0 Å². The zero-order valence-corrected chi connectivity index (χ0v) is 91.6. The minimum absolute atomic E-state index is 0. The van der Waals surface area contributed by atoms with Crippen molar-refractivity contribution in [1.29, 1.82) is 0 Å². The van der Waals surface area contributed by atoms with Gasteiger partial charge in [0.15, 0.2) is 50.3 Å². The summed E-state index contributed by atoms with van der Waals surface area (Å²) in [6.45, 7) is -1.16. The van der Waals surface area contributed by atoms with Crippen LogP contribution in [0.5, 0.6) is 0 Å². The topological polar surface area (TPSA) is 773 Å². The first-order valence-electron chi connectivity index (χ1n) is 38.8. The number of aliphatic carboxylic acids is 7. The molecule has 0 radical (unpaired) electrons. The SMILES string of the molecule is O=C([O-])CCSC[C@H]1O[C@@H]2O[C@H]3[C@H](O)[C@@H](O)[C@@H](O[C@H]4[C@H](O)[C@@H](O)[C@@H](O[C@H]5[C@H](O)[C@@H](O)[C@@H](O[C@H]6[C@H](O)[C@@H](O)[C@@H](O[C@H]7[C@H](O)[C@@H](O)[C@@H](O[C@H]8[C@H](O)C(O)[C@@H](O[C@H]9[C@H](O)[C@@H](O)[C@@H](O[C@H]1[C@H](O)[C@H]2O)O[C@@H]9CO)O[C@@H]8CSCCC(=O)[O-])O[C@@H]7CSCCC(=O)[O-])O[C@@H]6CSCCC(=O)[O-])O[C@@H]5CSCCC(=O)[O-])O[C@@H]4CSCCC(=O)[O-])O[C@@H]3CSCCC(=O)[O-].[Na+].[Na+].[Na+].[Na+].[Na+].[Na+].[Na+]. The maximum atomic E-state index is 12.2. The van der Waals surface area contributed by atoms with Crippen LogP contribution >= 0.6 is 82.3 Å². The third-order valence-electron chi connectivity index (χ3n) is 20.8. The van der Waals surface area contributed by atoms with Crippen molar-refractivity contribution in [3.05, 3.63) is 0 Å². The number of hydrogen-bond acceptors (Lipinski definition) is 54. The molecule has 30 aliphatic rings. The van der Waals surface area contributed by atoms with Gasteiger partial charge in [-0.25, -0.2) is 0 Å². The molecule has 61 heteroatoms. The van der Waals surface area contributed by atoms with Gasteiger partial charge in [-0.15, -0.1) is 0 Å². The summed E-state index contributed by atoms with van der Waals surface area (Å²) in [6, 6.07) is 0. The Bertz CT molecular complexity index is 3200. The van der Waals surface area contributed by atoms with Crippen LogP contribution in [-0.2, 0) is 109 Å². The van der Waals surface area contributed by atoms with Gasteiger partial charge in [-0.2, -0.15) is 82.3 Å². The van der Waals surface area contributed by atoms with Crippen LogP contribution in [0, 0.1) is 0 Å². The van der Waals surface area contributed by atoms with Gasteiger partial charge >= 0.3 is 207 Å². The predicted molar refractivity (Wildman–Crippen MR) is 400 cm³/mol. The summed E-state index contributed by atoms with van der Waals surface area (Å²) in [5.74, 6) is -15.1. The molecule has 1 unspecified atom stereocenters. The van der Waals surface area contributed by atoms with Gasteiger partial charge in [-0.3, -0.25) is 0 Å². The number of carbonyl (C=O) groups excluding carboxylic acids is 7. The molecule has 130 heavy (non-hydrogen) atoms. The number of ether oxygens (including phenoxy) is 16. The summed E-state index contributed by atoms with van der Waals surface area (Å²) >= 11 is 5.77. The van der Waals surface area contributed by atoms with Crippen molar-refractivity contribution < 1.29 is 439 Å². The Kier molecular flexibility index (Phi) is 64.8. The first-order chi connectivity index (χ1) is 58.4. The molecule has 30 rings (SSSR count). The fourth-order valence-corrected chi connectivity index (χ4v) is 21.1. The molecule has 0 saturated carbocycles. The van der Waals surface area contributed by atoms with E-state index < -0.39 is 379 Å². The maximum absolute atomic E-state index is 12.2. The molecule has 0 spiro atoms. The molecule has 16 bridgehead atoms. The number of thioether (sulfide) groups is 7. The van der Waals surface area contributed by atoms with Gasteiger partial charge in [0.25, 0.3) is 0 Å². The molecular formula is C69H101Na7O47S7. The summed E-state index contributed by atoms with van der Waals surface area (Å²) in [4.78, 5) is 81.3. The Morgan fingerprint density at radius 2 is 0.292 bits per heavy atom. The Labute approximate surface area is 928 Å². The molecule has 30 aliphatic heterocycles. The van der Waals surface area contributed by atoms with Gasteiger partial charge in [0.05, 0.1) is 49.3 Å². The van der Waals surface area contributed by atoms with E-state index in [9.17, 15) is 156 Å². The second-order valence-electron chi connectivity index (χ2n) is 29.6. The second-order valence-corrected chi connectivity index (χ2v) is 37.6. The van der Waals surface area contributed by atoms with Crippen molar-refractivity contribution in [2.24, 2.45) is 0 Å². The number of carbonyl (C=O) groups is 7. The number of rotatable bonds is 36. The second kappa shape index (κ2) is 64.5. The molecule has 30 saturated heterocycles. The number of aliphatic hydroxyl groups excluding tert-OH is 17. The van der Waals surface area contributed by atoms with E-state index in [1.807, 2.05) is 0 Å². The Hall–Kier alpha value is 4.42. The molecule has 17 N–H and O–H groups in total. The molecule has 0 aromatic carbocycles. The normalized spacial score (nSPS) is 40.4. The molecule has 47 nitrogen and oxygen atoms in total. The zero-order valence-electron chi connectivity index (χ0n) is 71.9. The third kappa shape index (κ3) is 37.4. The van der Waals surface area contributed by atoms with Crippen LogP contribution < -0.4 is 243 Å². The minimum atomic E-state index is -2.35. The van der Waals surface area contributed by atoms with Gasteiger partial charge in [0.2, 0.25) is 0 Å². The average Bonchev–Trinajstić information content (AvgIpc) is 0.768. The van der Waals surface area contributed by atoms with Crippen LogP contribution in [0.25, 0.3) is 0 Å². The quantitative estimate of drug-likeness (QED) is 0.0205. The van der Waals surface area contributed by atoms with Crippen molar-refractivity contribution in [1.82, 2.24) is 0 Å². The van der Waals surface area contributed by atoms with Crippen molar-refractivity contribution >= 4 is 124 Å². The Balaban J connectivity index is 0.00000817. The Morgan fingerprint density at radius 3 is 0.400 bits per heavy atom. The van der Waals surface area contributed by atoms with E-state index in [-0.39, 0.29) is 247 Å². The summed E-state index contributed by atoms with van der Waals surface area (Å²) < 4.78 is 98.5. The van der Waals surface area contributed by atoms with Crippen LogP contribution in [0.15, 0.2) is 0 Å². The van der Waals surface area contributed by atoms with E-state index in [1.165, 1.54) is 0 Å². The minimum Gasteiger partial charge on any atom is -0.550 e. The summed E-state index contributed by atoms with van der Waals surface area (Å²) in [6.07, 6.45) is -87.7. The van der Waals surface area contributed by atoms with Gasteiger partial charge < -0.3 is 232 Å². The maximum Gasteiger partial charge on any atom is 1.00 e. The van der Waals surface area contributed by atoms with E-state index in [4.69, 9.17) is 75.8 Å². The predicted octanol–water partition coefficient (Wildman–Crippen LogP) is -39.2. The molecule has 30 heterocycles. The van der Waals surface area contributed by atoms with Crippen LogP contribution in [0.2, 0.25) is 0 Å². The molecule has 0 aliphatic carbocycles.